The van der Waals surface area contributed by atoms with Gasteiger partial charge in [0.2, 0.25) is 0 Å². The van der Waals surface area contributed by atoms with Crippen molar-refractivity contribution in [2.75, 3.05) is 5.32 Å². The number of carbonyl (C=O) groups is 1. The molecule has 0 atom stereocenters. The largest absolute Gasteiger partial charge is 0.320 e. The lowest BCUT2D eigenvalue weighted by molar-refractivity contribution is 0.102. The van der Waals surface area contributed by atoms with Crippen molar-refractivity contribution in [3.05, 3.63) is 66.0 Å². The van der Waals surface area contributed by atoms with Crippen molar-refractivity contribution in [1.82, 2.24) is 9.97 Å². The topological polar surface area (TPSA) is 54.9 Å². The molecule has 0 saturated carbocycles. The van der Waals surface area contributed by atoms with Crippen molar-refractivity contribution in [1.29, 1.82) is 0 Å². The summed E-state index contributed by atoms with van der Waals surface area (Å²) in [6.45, 7) is 1.88. The Bertz CT molecular complexity index is 769. The van der Waals surface area contributed by atoms with E-state index in [-0.39, 0.29) is 5.91 Å². The van der Waals surface area contributed by atoms with Crippen LogP contribution in [0, 0.1) is 6.92 Å². The van der Waals surface area contributed by atoms with Crippen LogP contribution in [0.1, 0.15) is 16.1 Å². The Kier molecular flexibility index (Phi) is 3.13. The molecule has 4 nitrogen and oxygen atoms in total. The fourth-order valence-electron chi connectivity index (χ4n) is 2.01. The molecule has 0 aliphatic rings. The van der Waals surface area contributed by atoms with Crippen molar-refractivity contribution in [2.24, 2.45) is 0 Å². The number of rotatable bonds is 2. The summed E-state index contributed by atoms with van der Waals surface area (Å²) in [4.78, 5) is 20.9. The molecule has 0 spiro atoms. The molecule has 98 valence electrons. The fraction of sp³-hybridized carbons (Fsp3) is 0.0625. The van der Waals surface area contributed by atoms with E-state index in [4.69, 9.17) is 0 Å². The number of aryl methyl sites for hydroxylation is 1. The number of nitrogens with one attached hydrogen (secondary N) is 1. The highest BCUT2D eigenvalue weighted by molar-refractivity contribution is 6.07. The molecule has 0 bridgehead atoms. The average Bonchev–Trinajstić information content (AvgIpc) is 2.49. The number of amides is 1. The molecule has 3 rings (SSSR count). The highest BCUT2D eigenvalue weighted by Crippen LogP contribution is 2.20. The molecular formula is C16H13N3O. The average molecular weight is 263 g/mol. The normalized spacial score (nSPS) is 10.4. The highest BCUT2D eigenvalue weighted by atomic mass is 16.1. The molecule has 1 aromatic heterocycles. The molecule has 0 radical (unpaired) electrons. The summed E-state index contributed by atoms with van der Waals surface area (Å²) in [5.74, 6) is -0.151. The van der Waals surface area contributed by atoms with Gasteiger partial charge < -0.3 is 5.32 Å². The molecule has 4 heteroatoms. The predicted octanol–water partition coefficient (Wildman–Crippen LogP) is 3.19. The lowest BCUT2D eigenvalue weighted by Gasteiger charge is -2.08. The Labute approximate surface area is 116 Å². The zero-order valence-electron chi connectivity index (χ0n) is 11.0. The van der Waals surface area contributed by atoms with Gasteiger partial charge in [-0.3, -0.25) is 9.78 Å². The molecule has 1 amide bonds. The minimum absolute atomic E-state index is 0.151. The van der Waals surface area contributed by atoms with E-state index < -0.39 is 0 Å². The molecule has 1 N–H and O–H groups in total. The number of hydrogen-bond donors (Lipinski definition) is 1. The Morgan fingerprint density at radius 3 is 2.65 bits per heavy atom. The van der Waals surface area contributed by atoms with E-state index in [0.29, 0.717) is 16.8 Å². The van der Waals surface area contributed by atoms with Crippen LogP contribution in [0.15, 0.2) is 54.7 Å². The number of carbonyl (C=O) groups excluding carboxylic acids is 1. The SMILES string of the molecule is Cc1cnc2cccc(NC(=O)c3ccccc3)c2n1. The van der Waals surface area contributed by atoms with E-state index in [2.05, 4.69) is 15.3 Å². The molecule has 1 heterocycles. The van der Waals surface area contributed by atoms with Crippen LogP contribution in [0.3, 0.4) is 0 Å². The molecule has 0 aliphatic carbocycles. The van der Waals surface area contributed by atoms with Crippen LogP contribution in [0.5, 0.6) is 0 Å². The van der Waals surface area contributed by atoms with Gasteiger partial charge in [0, 0.05) is 11.8 Å². The number of benzene rings is 2. The Morgan fingerprint density at radius 1 is 1.05 bits per heavy atom. The van der Waals surface area contributed by atoms with Crippen LogP contribution in [-0.2, 0) is 0 Å². The van der Waals surface area contributed by atoms with Gasteiger partial charge in [-0.05, 0) is 31.2 Å². The number of aromatic nitrogens is 2. The van der Waals surface area contributed by atoms with E-state index in [0.717, 1.165) is 11.2 Å². The van der Waals surface area contributed by atoms with Crippen LogP contribution in [0.4, 0.5) is 5.69 Å². The molecule has 2 aromatic carbocycles. The lowest BCUT2D eigenvalue weighted by atomic mass is 10.2. The molecular weight excluding hydrogens is 250 g/mol. The summed E-state index contributed by atoms with van der Waals surface area (Å²) in [5, 5.41) is 2.89. The van der Waals surface area contributed by atoms with Gasteiger partial charge in [-0.2, -0.15) is 0 Å². The minimum atomic E-state index is -0.151. The summed E-state index contributed by atoms with van der Waals surface area (Å²) in [6, 6.07) is 14.7. The third-order valence-corrected chi connectivity index (χ3v) is 2.98. The Balaban J connectivity index is 1.99. The van der Waals surface area contributed by atoms with Crippen LogP contribution >= 0.6 is 0 Å². The van der Waals surface area contributed by atoms with E-state index in [9.17, 15) is 4.79 Å². The number of anilines is 1. The first-order valence-corrected chi connectivity index (χ1v) is 6.33. The molecule has 0 aliphatic heterocycles. The minimum Gasteiger partial charge on any atom is -0.320 e. The number of nitrogens with zero attached hydrogens (tertiary/aromatic N) is 2. The van der Waals surface area contributed by atoms with Gasteiger partial charge in [-0.1, -0.05) is 24.3 Å². The summed E-state index contributed by atoms with van der Waals surface area (Å²) in [7, 11) is 0. The van der Waals surface area contributed by atoms with E-state index in [1.807, 2.05) is 43.3 Å². The first-order chi connectivity index (χ1) is 9.74. The standard InChI is InChI=1S/C16H13N3O/c1-11-10-17-13-8-5-9-14(15(13)18-11)19-16(20)12-6-3-2-4-7-12/h2-10H,1H3,(H,19,20). The second-order valence-corrected chi connectivity index (χ2v) is 4.50. The first-order valence-electron chi connectivity index (χ1n) is 6.33. The molecule has 3 aromatic rings. The summed E-state index contributed by atoms with van der Waals surface area (Å²) in [5.41, 5.74) is 3.58. The van der Waals surface area contributed by atoms with E-state index in [1.54, 1.807) is 18.3 Å². The third-order valence-electron chi connectivity index (χ3n) is 2.98. The highest BCUT2D eigenvalue weighted by Gasteiger charge is 2.09. The lowest BCUT2D eigenvalue weighted by Crippen LogP contribution is -2.12. The quantitative estimate of drug-likeness (QED) is 0.772. The van der Waals surface area contributed by atoms with Gasteiger partial charge in [0.25, 0.3) is 5.91 Å². The maximum Gasteiger partial charge on any atom is 0.255 e. The smallest absolute Gasteiger partial charge is 0.255 e. The van der Waals surface area contributed by atoms with Gasteiger partial charge >= 0.3 is 0 Å². The van der Waals surface area contributed by atoms with Gasteiger partial charge in [0.1, 0.15) is 5.52 Å². The predicted molar refractivity (Wildman–Crippen MR) is 78.7 cm³/mol. The van der Waals surface area contributed by atoms with Crippen molar-refractivity contribution in [3.63, 3.8) is 0 Å². The molecule has 0 fully saturated rings. The maximum atomic E-state index is 12.2. The van der Waals surface area contributed by atoms with Gasteiger partial charge in [-0.25, -0.2) is 4.98 Å². The summed E-state index contributed by atoms with van der Waals surface area (Å²) < 4.78 is 0. The van der Waals surface area contributed by atoms with Crippen molar-refractivity contribution >= 4 is 22.6 Å². The number of hydrogen-bond acceptors (Lipinski definition) is 3. The number of fused-ring (bicyclic) bond motifs is 1. The van der Waals surface area contributed by atoms with E-state index >= 15 is 0 Å². The van der Waals surface area contributed by atoms with Gasteiger partial charge in [0.15, 0.2) is 0 Å². The monoisotopic (exact) mass is 263 g/mol. The van der Waals surface area contributed by atoms with Crippen molar-refractivity contribution in [2.45, 2.75) is 6.92 Å². The molecule has 0 unspecified atom stereocenters. The van der Waals surface area contributed by atoms with Crippen LogP contribution in [0.2, 0.25) is 0 Å². The van der Waals surface area contributed by atoms with Crippen LogP contribution in [0.25, 0.3) is 11.0 Å². The van der Waals surface area contributed by atoms with Crippen LogP contribution in [-0.4, -0.2) is 15.9 Å². The van der Waals surface area contributed by atoms with Crippen molar-refractivity contribution < 1.29 is 4.79 Å². The molecule has 0 saturated heterocycles. The maximum absolute atomic E-state index is 12.2. The first kappa shape index (κ1) is 12.3. The van der Waals surface area contributed by atoms with Gasteiger partial charge in [0.05, 0.1) is 16.9 Å². The van der Waals surface area contributed by atoms with E-state index in [1.165, 1.54) is 0 Å². The Morgan fingerprint density at radius 2 is 1.85 bits per heavy atom. The zero-order chi connectivity index (χ0) is 13.9. The Hall–Kier alpha value is -2.75. The van der Waals surface area contributed by atoms with Crippen LogP contribution < -0.4 is 5.32 Å². The summed E-state index contributed by atoms with van der Waals surface area (Å²) >= 11 is 0. The second kappa shape index (κ2) is 5.09. The summed E-state index contributed by atoms with van der Waals surface area (Å²) in [6.07, 6.45) is 1.71. The molecule has 20 heavy (non-hydrogen) atoms. The van der Waals surface area contributed by atoms with Gasteiger partial charge in [-0.15, -0.1) is 0 Å². The fourth-order valence-corrected chi connectivity index (χ4v) is 2.01. The second-order valence-electron chi connectivity index (χ2n) is 4.50. The zero-order valence-corrected chi connectivity index (χ0v) is 11.0. The third kappa shape index (κ3) is 2.36. The van der Waals surface area contributed by atoms with Crippen molar-refractivity contribution in [3.8, 4) is 0 Å². The number of para-hydroxylation sites is 1.